The maximum Gasteiger partial charge on any atom is 0.410 e. The highest BCUT2D eigenvalue weighted by Crippen LogP contribution is 2.15. The number of nitrogens with zero attached hydrogens (tertiary/aromatic N) is 1. The molecule has 6 heteroatoms. The monoisotopic (exact) mass is 283 g/mol. The van der Waals surface area contributed by atoms with Crippen molar-refractivity contribution in [2.75, 3.05) is 13.1 Å². The van der Waals surface area contributed by atoms with Crippen LogP contribution in [0.3, 0.4) is 0 Å². The number of ether oxygens (including phenoxy) is 1. The molecule has 1 N–H and O–H groups in total. The van der Waals surface area contributed by atoms with Gasteiger partial charge in [0.1, 0.15) is 6.61 Å². The summed E-state index contributed by atoms with van der Waals surface area (Å²) in [5.41, 5.74) is 0.926. The van der Waals surface area contributed by atoms with Crippen LogP contribution in [0, 0.1) is 0 Å². The first-order valence-electron chi connectivity index (χ1n) is 6.22. The third kappa shape index (κ3) is 4.04. The summed E-state index contributed by atoms with van der Waals surface area (Å²) in [4.78, 5) is 13.4. The summed E-state index contributed by atoms with van der Waals surface area (Å²) in [5.74, 6) is 0. The van der Waals surface area contributed by atoms with Crippen molar-refractivity contribution in [3.63, 3.8) is 0 Å². The number of carbonyl (C=O) groups excluding carboxylic acids is 1. The number of likely N-dealkylation sites (tertiary alicyclic amines) is 1. The number of hydrogen-bond acceptors (Lipinski definition) is 3. The molecule has 2 rings (SSSR count). The molecule has 1 saturated heterocycles. The maximum atomic E-state index is 11.9. The Kier molecular flexibility index (Phi) is 4.93. The van der Waals surface area contributed by atoms with E-state index in [0.29, 0.717) is 13.0 Å². The average Bonchev–Trinajstić information content (AvgIpc) is 2.46. The van der Waals surface area contributed by atoms with Crippen molar-refractivity contribution in [2.45, 2.75) is 24.7 Å². The van der Waals surface area contributed by atoms with E-state index in [-0.39, 0.29) is 18.4 Å². The molecular formula is C13H17NO4S. The Hall–Kier alpha value is -1.40. The summed E-state index contributed by atoms with van der Waals surface area (Å²) in [6.07, 6.45) is 0.988. The molecule has 19 heavy (non-hydrogen) atoms. The molecule has 1 amide bonds. The first kappa shape index (κ1) is 14.0. The van der Waals surface area contributed by atoms with Crippen molar-refractivity contribution >= 4 is 17.2 Å². The molecule has 0 bridgehead atoms. The molecule has 1 fully saturated rings. The van der Waals surface area contributed by atoms with Crippen LogP contribution in [0.4, 0.5) is 4.79 Å². The Morgan fingerprint density at radius 2 is 2.16 bits per heavy atom. The number of rotatable bonds is 3. The number of hydrogen-bond donors (Lipinski definition) is 1. The molecule has 104 valence electrons. The Balaban J connectivity index is 1.84. The smallest absolute Gasteiger partial charge is 0.410 e. The van der Waals surface area contributed by atoms with Gasteiger partial charge in [-0.15, -0.1) is 0 Å². The third-order valence-corrected chi connectivity index (χ3v) is 4.08. The van der Waals surface area contributed by atoms with Gasteiger partial charge >= 0.3 is 6.09 Å². The Labute approximate surface area is 114 Å². The van der Waals surface area contributed by atoms with Crippen molar-refractivity contribution in [2.24, 2.45) is 0 Å². The minimum absolute atomic E-state index is 0.225. The largest absolute Gasteiger partial charge is 0.445 e. The molecule has 1 aliphatic heterocycles. The Morgan fingerprint density at radius 3 is 2.84 bits per heavy atom. The van der Waals surface area contributed by atoms with Crippen LogP contribution in [0.2, 0.25) is 0 Å². The molecular weight excluding hydrogens is 266 g/mol. The number of carbonyl (C=O) groups is 1. The predicted molar refractivity (Wildman–Crippen MR) is 72.0 cm³/mol. The van der Waals surface area contributed by atoms with Crippen LogP contribution in [-0.2, 0) is 22.4 Å². The van der Waals surface area contributed by atoms with E-state index in [2.05, 4.69) is 0 Å². The van der Waals surface area contributed by atoms with Gasteiger partial charge in [-0.2, -0.15) is 0 Å². The molecule has 5 nitrogen and oxygen atoms in total. The summed E-state index contributed by atoms with van der Waals surface area (Å²) in [6, 6.07) is 9.44. The van der Waals surface area contributed by atoms with Gasteiger partial charge in [0, 0.05) is 13.1 Å². The van der Waals surface area contributed by atoms with Gasteiger partial charge in [0.2, 0.25) is 0 Å². The predicted octanol–water partition coefficient (Wildman–Crippen LogP) is 2.01. The summed E-state index contributed by atoms with van der Waals surface area (Å²) in [6.45, 7) is 1.10. The van der Waals surface area contributed by atoms with Gasteiger partial charge in [-0.3, -0.25) is 0 Å². The van der Waals surface area contributed by atoms with Crippen LogP contribution < -0.4 is 0 Å². The van der Waals surface area contributed by atoms with Crippen LogP contribution in [0.15, 0.2) is 30.3 Å². The number of piperidine rings is 1. The SMILES string of the molecule is O=C(OCc1ccccc1)N1CCCC(S(=O)O)C1. The van der Waals surface area contributed by atoms with Crippen molar-refractivity contribution < 1.29 is 18.3 Å². The van der Waals surface area contributed by atoms with Crippen molar-refractivity contribution in [3.05, 3.63) is 35.9 Å². The summed E-state index contributed by atoms with van der Waals surface area (Å²) in [7, 11) is 0. The number of benzene rings is 1. The van der Waals surface area contributed by atoms with E-state index in [4.69, 9.17) is 9.29 Å². The molecule has 2 atom stereocenters. The lowest BCUT2D eigenvalue weighted by atomic mass is 10.1. The van der Waals surface area contributed by atoms with E-state index in [0.717, 1.165) is 12.0 Å². The van der Waals surface area contributed by atoms with Crippen LogP contribution in [0.1, 0.15) is 18.4 Å². The van der Waals surface area contributed by atoms with Crippen LogP contribution >= 0.6 is 0 Å². The van der Waals surface area contributed by atoms with E-state index >= 15 is 0 Å². The lowest BCUT2D eigenvalue weighted by Gasteiger charge is -2.30. The van der Waals surface area contributed by atoms with Crippen LogP contribution in [0.5, 0.6) is 0 Å². The maximum absolute atomic E-state index is 11.9. The first-order valence-corrected chi connectivity index (χ1v) is 7.39. The highest BCUT2D eigenvalue weighted by molar-refractivity contribution is 7.79. The molecule has 0 saturated carbocycles. The van der Waals surface area contributed by atoms with Crippen LogP contribution in [0.25, 0.3) is 0 Å². The molecule has 0 radical (unpaired) electrons. The normalized spacial score (nSPS) is 20.9. The molecule has 1 heterocycles. The van der Waals surface area contributed by atoms with Gasteiger partial charge in [-0.05, 0) is 18.4 Å². The second kappa shape index (κ2) is 6.68. The van der Waals surface area contributed by atoms with Gasteiger partial charge in [-0.1, -0.05) is 30.3 Å². The Bertz CT molecular complexity index is 451. The van der Waals surface area contributed by atoms with E-state index < -0.39 is 17.2 Å². The third-order valence-electron chi connectivity index (χ3n) is 3.13. The summed E-state index contributed by atoms with van der Waals surface area (Å²) in [5, 5.41) is -0.363. The zero-order valence-electron chi connectivity index (χ0n) is 10.5. The van der Waals surface area contributed by atoms with Crippen molar-refractivity contribution in [1.82, 2.24) is 4.90 Å². The first-order chi connectivity index (χ1) is 9.16. The molecule has 0 spiro atoms. The highest BCUT2D eigenvalue weighted by Gasteiger charge is 2.27. The van der Waals surface area contributed by atoms with Gasteiger partial charge in [-0.25, -0.2) is 9.00 Å². The second-order valence-corrected chi connectivity index (χ2v) is 5.75. The quantitative estimate of drug-likeness (QED) is 0.862. The fourth-order valence-electron chi connectivity index (χ4n) is 2.08. The lowest BCUT2D eigenvalue weighted by Crippen LogP contribution is -2.43. The zero-order valence-corrected chi connectivity index (χ0v) is 11.3. The standard InChI is InChI=1S/C13H17NO4S/c15-13(18-10-11-5-2-1-3-6-11)14-8-4-7-12(9-14)19(16)17/h1-3,5-6,12H,4,7-10H2,(H,16,17). The molecule has 1 aliphatic rings. The zero-order chi connectivity index (χ0) is 13.7. The molecule has 2 unspecified atom stereocenters. The van der Waals surface area contributed by atoms with E-state index in [1.165, 1.54) is 4.90 Å². The molecule has 0 aromatic heterocycles. The fourth-order valence-corrected chi connectivity index (χ4v) is 2.75. The van der Waals surface area contributed by atoms with Gasteiger partial charge in [0.15, 0.2) is 11.1 Å². The number of amides is 1. The summed E-state index contributed by atoms with van der Waals surface area (Å²) >= 11 is -1.88. The topological polar surface area (TPSA) is 66.8 Å². The fraction of sp³-hybridized carbons (Fsp3) is 0.462. The molecule has 1 aromatic carbocycles. The van der Waals surface area contributed by atoms with E-state index in [1.807, 2.05) is 30.3 Å². The van der Waals surface area contributed by atoms with Crippen molar-refractivity contribution in [1.29, 1.82) is 0 Å². The molecule has 1 aromatic rings. The van der Waals surface area contributed by atoms with E-state index in [1.54, 1.807) is 0 Å². The van der Waals surface area contributed by atoms with Crippen LogP contribution in [-0.4, -0.2) is 38.1 Å². The molecule has 0 aliphatic carbocycles. The summed E-state index contributed by atoms with van der Waals surface area (Å²) < 4.78 is 25.3. The highest BCUT2D eigenvalue weighted by atomic mass is 32.2. The van der Waals surface area contributed by atoms with E-state index in [9.17, 15) is 9.00 Å². The Morgan fingerprint density at radius 1 is 1.42 bits per heavy atom. The lowest BCUT2D eigenvalue weighted by molar-refractivity contribution is 0.0899. The van der Waals surface area contributed by atoms with Gasteiger partial charge in [0.05, 0.1) is 5.25 Å². The average molecular weight is 283 g/mol. The van der Waals surface area contributed by atoms with Gasteiger partial charge in [0.25, 0.3) is 0 Å². The minimum Gasteiger partial charge on any atom is -0.445 e. The minimum atomic E-state index is -1.88. The van der Waals surface area contributed by atoms with Gasteiger partial charge < -0.3 is 14.2 Å². The second-order valence-electron chi connectivity index (χ2n) is 4.53. The van der Waals surface area contributed by atoms with Crippen molar-refractivity contribution in [3.8, 4) is 0 Å².